The summed E-state index contributed by atoms with van der Waals surface area (Å²) in [5.41, 5.74) is 0.402. The fourth-order valence-corrected chi connectivity index (χ4v) is 4.48. The Labute approximate surface area is 186 Å². The van der Waals surface area contributed by atoms with Gasteiger partial charge in [0, 0.05) is 18.0 Å². The third kappa shape index (κ3) is 3.73. The van der Waals surface area contributed by atoms with E-state index >= 15 is 0 Å². The van der Waals surface area contributed by atoms with Gasteiger partial charge in [-0.2, -0.15) is 0 Å². The zero-order valence-corrected chi connectivity index (χ0v) is 18.3. The molecule has 2 atom stereocenters. The molecule has 6 heteroatoms. The van der Waals surface area contributed by atoms with Crippen LogP contribution in [0.2, 0.25) is 0 Å². The van der Waals surface area contributed by atoms with E-state index in [-0.39, 0.29) is 6.54 Å². The van der Waals surface area contributed by atoms with Gasteiger partial charge >= 0.3 is 11.9 Å². The molecule has 1 N–H and O–H groups in total. The summed E-state index contributed by atoms with van der Waals surface area (Å²) >= 11 is 0. The van der Waals surface area contributed by atoms with Crippen molar-refractivity contribution < 1.29 is 23.9 Å². The summed E-state index contributed by atoms with van der Waals surface area (Å²) in [5, 5.41) is 4.61. The Kier molecular flexibility index (Phi) is 5.70. The number of amides is 1. The van der Waals surface area contributed by atoms with Crippen LogP contribution >= 0.6 is 0 Å². The van der Waals surface area contributed by atoms with Crippen LogP contribution in [0.5, 0.6) is 5.75 Å². The zero-order valence-electron chi connectivity index (χ0n) is 18.3. The van der Waals surface area contributed by atoms with Gasteiger partial charge in [-0.25, -0.2) is 0 Å². The van der Waals surface area contributed by atoms with Gasteiger partial charge in [-0.3, -0.25) is 14.4 Å². The number of fused-ring (bicyclic) bond motifs is 3. The van der Waals surface area contributed by atoms with Crippen molar-refractivity contribution in [2.24, 2.45) is 11.3 Å². The number of rotatable bonds is 5. The lowest BCUT2D eigenvalue weighted by Gasteiger charge is -2.40. The monoisotopic (exact) mass is 431 g/mol. The summed E-state index contributed by atoms with van der Waals surface area (Å²) in [7, 11) is 1.31. The molecule has 0 fully saturated rings. The van der Waals surface area contributed by atoms with Crippen molar-refractivity contribution in [3.63, 3.8) is 0 Å². The molecule has 2 unspecified atom stereocenters. The maximum absolute atomic E-state index is 13.3. The highest BCUT2D eigenvalue weighted by atomic mass is 16.5. The second-order valence-corrected chi connectivity index (χ2v) is 8.49. The van der Waals surface area contributed by atoms with Crippen LogP contribution in [0.4, 0.5) is 0 Å². The number of ether oxygens (including phenoxy) is 2. The van der Waals surface area contributed by atoms with E-state index < -0.39 is 35.1 Å². The molecule has 0 saturated carbocycles. The van der Waals surface area contributed by atoms with Gasteiger partial charge in [0.15, 0.2) is 0 Å². The van der Waals surface area contributed by atoms with Crippen LogP contribution in [-0.4, -0.2) is 25.0 Å². The number of nitrogens with one attached hydrogen (secondary N) is 1. The van der Waals surface area contributed by atoms with Crippen molar-refractivity contribution in [3.05, 3.63) is 77.9 Å². The average molecular weight is 431 g/mol. The van der Waals surface area contributed by atoms with Gasteiger partial charge in [-0.05, 0) is 36.2 Å². The van der Waals surface area contributed by atoms with Crippen LogP contribution in [0.3, 0.4) is 0 Å². The van der Waals surface area contributed by atoms with Gasteiger partial charge < -0.3 is 14.8 Å². The summed E-state index contributed by atoms with van der Waals surface area (Å²) in [5.74, 6) is -3.28. The lowest BCUT2D eigenvalue weighted by Crippen LogP contribution is -2.49. The molecule has 0 saturated heterocycles. The van der Waals surface area contributed by atoms with E-state index in [1.165, 1.54) is 7.11 Å². The van der Waals surface area contributed by atoms with E-state index in [0.29, 0.717) is 11.3 Å². The maximum atomic E-state index is 13.3. The topological polar surface area (TPSA) is 81.7 Å². The van der Waals surface area contributed by atoms with Crippen molar-refractivity contribution in [3.8, 4) is 5.75 Å². The molecule has 0 aliphatic carbocycles. The van der Waals surface area contributed by atoms with Gasteiger partial charge in [-0.15, -0.1) is 0 Å². The van der Waals surface area contributed by atoms with Crippen LogP contribution in [0.25, 0.3) is 10.8 Å². The SMILES string of the molecule is COC(=O)C(C)(C)C1c2c(ccc3ccccc23)OC(=O)C1C(=O)NCc1ccccc1. The van der Waals surface area contributed by atoms with E-state index in [4.69, 9.17) is 9.47 Å². The number of benzene rings is 3. The fourth-order valence-electron chi connectivity index (χ4n) is 4.48. The van der Waals surface area contributed by atoms with Gasteiger partial charge in [0.1, 0.15) is 11.7 Å². The highest BCUT2D eigenvalue weighted by Crippen LogP contribution is 2.51. The highest BCUT2D eigenvalue weighted by Gasteiger charge is 2.53. The molecule has 1 aliphatic heterocycles. The lowest BCUT2D eigenvalue weighted by molar-refractivity contribution is -0.157. The number of hydrogen-bond donors (Lipinski definition) is 1. The molecular weight excluding hydrogens is 406 g/mol. The van der Waals surface area contributed by atoms with Crippen LogP contribution in [0, 0.1) is 11.3 Å². The average Bonchev–Trinajstić information content (AvgIpc) is 2.81. The van der Waals surface area contributed by atoms with Gasteiger partial charge in [0.05, 0.1) is 12.5 Å². The molecule has 1 heterocycles. The Morgan fingerprint density at radius 2 is 1.69 bits per heavy atom. The van der Waals surface area contributed by atoms with Crippen LogP contribution < -0.4 is 10.1 Å². The largest absolute Gasteiger partial charge is 0.469 e. The van der Waals surface area contributed by atoms with E-state index in [0.717, 1.165) is 16.3 Å². The highest BCUT2D eigenvalue weighted by molar-refractivity contribution is 6.04. The van der Waals surface area contributed by atoms with Gasteiger partial charge in [0.2, 0.25) is 5.91 Å². The molecule has 0 bridgehead atoms. The third-order valence-electron chi connectivity index (χ3n) is 6.12. The Balaban J connectivity index is 1.82. The van der Waals surface area contributed by atoms with Crippen molar-refractivity contribution in [1.29, 1.82) is 0 Å². The maximum Gasteiger partial charge on any atom is 0.324 e. The molecule has 4 rings (SSSR count). The first-order valence-electron chi connectivity index (χ1n) is 10.5. The number of carbonyl (C=O) groups is 3. The number of methoxy groups -OCH3 is 1. The van der Waals surface area contributed by atoms with E-state index in [2.05, 4.69) is 5.32 Å². The second-order valence-electron chi connectivity index (χ2n) is 8.49. The van der Waals surface area contributed by atoms with Crippen molar-refractivity contribution >= 4 is 28.6 Å². The van der Waals surface area contributed by atoms with Crippen LogP contribution in [0.15, 0.2) is 66.7 Å². The molecule has 164 valence electrons. The molecule has 6 nitrogen and oxygen atoms in total. The molecule has 0 radical (unpaired) electrons. The zero-order chi connectivity index (χ0) is 22.9. The third-order valence-corrected chi connectivity index (χ3v) is 6.12. The second kappa shape index (κ2) is 8.46. The minimum Gasteiger partial charge on any atom is -0.469 e. The van der Waals surface area contributed by atoms with Gasteiger partial charge in [-0.1, -0.05) is 60.7 Å². The van der Waals surface area contributed by atoms with Crippen molar-refractivity contribution in [2.75, 3.05) is 7.11 Å². The van der Waals surface area contributed by atoms with E-state index in [1.54, 1.807) is 19.9 Å². The quantitative estimate of drug-likeness (QED) is 0.376. The lowest BCUT2D eigenvalue weighted by atomic mass is 9.65. The Bertz CT molecular complexity index is 1190. The summed E-state index contributed by atoms with van der Waals surface area (Å²) in [6.07, 6.45) is 0. The minimum absolute atomic E-state index is 0.261. The Morgan fingerprint density at radius 1 is 1.00 bits per heavy atom. The molecule has 3 aromatic rings. The summed E-state index contributed by atoms with van der Waals surface area (Å²) in [4.78, 5) is 39.2. The van der Waals surface area contributed by atoms with Crippen molar-refractivity contribution in [2.45, 2.75) is 26.3 Å². The molecule has 1 amide bonds. The van der Waals surface area contributed by atoms with Crippen LogP contribution in [-0.2, 0) is 25.7 Å². The molecule has 1 aliphatic rings. The molecule has 32 heavy (non-hydrogen) atoms. The van der Waals surface area contributed by atoms with E-state index in [9.17, 15) is 14.4 Å². The predicted molar refractivity (Wildman–Crippen MR) is 120 cm³/mol. The number of esters is 2. The first-order valence-corrected chi connectivity index (χ1v) is 10.5. The Hall–Kier alpha value is -3.67. The van der Waals surface area contributed by atoms with Crippen molar-refractivity contribution in [1.82, 2.24) is 5.32 Å². The predicted octanol–water partition coefficient (Wildman–Crippen LogP) is 3.97. The molecule has 0 aromatic heterocycles. The van der Waals surface area contributed by atoms with E-state index in [1.807, 2.05) is 60.7 Å². The smallest absolute Gasteiger partial charge is 0.324 e. The first kappa shape index (κ1) is 21.6. The van der Waals surface area contributed by atoms with Gasteiger partial charge in [0.25, 0.3) is 0 Å². The van der Waals surface area contributed by atoms with Crippen LogP contribution in [0.1, 0.15) is 30.9 Å². The fraction of sp³-hybridized carbons (Fsp3) is 0.269. The Morgan fingerprint density at radius 3 is 2.41 bits per heavy atom. The summed E-state index contributed by atoms with van der Waals surface area (Å²) in [6.45, 7) is 3.66. The molecule has 0 spiro atoms. The molecule has 3 aromatic carbocycles. The summed E-state index contributed by atoms with van der Waals surface area (Å²) < 4.78 is 10.7. The number of carbonyl (C=O) groups excluding carboxylic acids is 3. The minimum atomic E-state index is -1.20. The normalized spacial score (nSPS) is 17.9. The molecular formula is C26H25NO5. The first-order chi connectivity index (χ1) is 15.3. The summed E-state index contributed by atoms with van der Waals surface area (Å²) in [6, 6.07) is 20.6. The standard InChI is InChI=1S/C26H25NO5/c1-26(2,25(30)31-3)22-20-18-12-8-7-11-17(18)13-14-19(20)32-24(29)21(22)23(28)27-15-16-9-5-4-6-10-16/h4-14,21-22H,15H2,1-3H3,(H,27,28). The number of hydrogen-bond acceptors (Lipinski definition) is 5.